The molecule has 0 unspecified atom stereocenters. The van der Waals surface area contributed by atoms with Gasteiger partial charge in [-0.05, 0) is 67.1 Å². The number of likely N-dealkylation sites (tertiary alicyclic amines) is 1. The van der Waals surface area contributed by atoms with Crippen LogP contribution in [0.1, 0.15) is 32.8 Å². The fraction of sp³-hybridized carbons (Fsp3) is 0.556. The number of nitrogens with zero attached hydrogens (tertiary/aromatic N) is 1. The number of aliphatic carboxylic acids is 1. The largest absolute Gasteiger partial charge is 0.481 e. The minimum atomic E-state index is -1.07. The van der Waals surface area contributed by atoms with E-state index in [4.69, 9.17) is 4.74 Å². The van der Waals surface area contributed by atoms with Crippen LogP contribution in [0.3, 0.4) is 0 Å². The molecule has 26 heavy (non-hydrogen) atoms. The lowest BCUT2D eigenvalue weighted by Crippen LogP contribution is -2.36. The van der Waals surface area contributed by atoms with Crippen molar-refractivity contribution < 1.29 is 28.2 Å². The third-order valence-electron chi connectivity index (χ3n) is 4.29. The molecule has 5 nitrogen and oxygen atoms in total. The van der Waals surface area contributed by atoms with E-state index in [1.165, 1.54) is 11.0 Å². The van der Waals surface area contributed by atoms with Crippen molar-refractivity contribution in [3.8, 4) is 0 Å². The van der Waals surface area contributed by atoms with Crippen LogP contribution >= 0.6 is 15.9 Å². The molecule has 1 aromatic rings. The van der Waals surface area contributed by atoms with E-state index in [0.717, 1.165) is 6.07 Å². The molecule has 144 valence electrons. The number of amides is 1. The third-order valence-corrected chi connectivity index (χ3v) is 4.90. The van der Waals surface area contributed by atoms with Crippen molar-refractivity contribution in [2.45, 2.75) is 39.2 Å². The molecule has 0 bridgehead atoms. The first-order valence-electron chi connectivity index (χ1n) is 8.32. The maximum Gasteiger partial charge on any atom is 0.410 e. The van der Waals surface area contributed by atoms with Gasteiger partial charge in [-0.1, -0.05) is 0 Å². The van der Waals surface area contributed by atoms with Gasteiger partial charge < -0.3 is 14.7 Å². The summed E-state index contributed by atoms with van der Waals surface area (Å²) in [5.41, 5.74) is -0.508. The normalized spacial score (nSPS) is 18.7. The Morgan fingerprint density at radius 1 is 1.35 bits per heavy atom. The van der Waals surface area contributed by atoms with E-state index in [0.29, 0.717) is 13.0 Å². The van der Waals surface area contributed by atoms with E-state index in [-0.39, 0.29) is 28.9 Å². The van der Waals surface area contributed by atoms with Gasteiger partial charge in [-0.3, -0.25) is 4.79 Å². The van der Waals surface area contributed by atoms with Crippen LogP contribution in [-0.4, -0.2) is 40.8 Å². The van der Waals surface area contributed by atoms with Gasteiger partial charge in [-0.2, -0.15) is 0 Å². The van der Waals surface area contributed by atoms with Gasteiger partial charge in [0.25, 0.3) is 0 Å². The highest BCUT2D eigenvalue weighted by molar-refractivity contribution is 9.10. The molecule has 0 radical (unpaired) electrons. The second kappa shape index (κ2) is 7.90. The number of carboxylic acids is 1. The standard InChI is InChI=1S/C18H22BrF2NO4/c1-18(2,3)26-17(25)22-5-4-10(9-22)12(16(23)24)6-11-7-13(19)15(21)8-14(11)20/h7-8,10,12H,4-6,9H2,1-3H3,(H,23,24)/t10-,12-/m0/s1. The van der Waals surface area contributed by atoms with Crippen molar-refractivity contribution in [2.75, 3.05) is 13.1 Å². The zero-order valence-electron chi connectivity index (χ0n) is 14.9. The Bertz CT molecular complexity index is 705. The first-order chi connectivity index (χ1) is 12.0. The van der Waals surface area contributed by atoms with Crippen LogP contribution in [0.2, 0.25) is 0 Å². The average Bonchev–Trinajstić information content (AvgIpc) is 2.97. The Morgan fingerprint density at radius 3 is 2.58 bits per heavy atom. The summed E-state index contributed by atoms with van der Waals surface area (Å²) in [6, 6.07) is 2.00. The Hall–Kier alpha value is -1.70. The van der Waals surface area contributed by atoms with E-state index in [1.54, 1.807) is 20.8 Å². The van der Waals surface area contributed by atoms with Crippen molar-refractivity contribution >= 4 is 28.0 Å². The van der Waals surface area contributed by atoms with Gasteiger partial charge in [-0.15, -0.1) is 0 Å². The smallest absolute Gasteiger partial charge is 0.410 e. The number of benzene rings is 1. The minimum Gasteiger partial charge on any atom is -0.481 e. The Balaban J connectivity index is 2.11. The highest BCUT2D eigenvalue weighted by Gasteiger charge is 2.37. The van der Waals surface area contributed by atoms with Gasteiger partial charge in [0, 0.05) is 19.2 Å². The molecular formula is C18H22BrF2NO4. The zero-order chi connectivity index (χ0) is 19.6. The van der Waals surface area contributed by atoms with E-state index in [9.17, 15) is 23.5 Å². The predicted molar refractivity (Wildman–Crippen MR) is 94.8 cm³/mol. The van der Waals surface area contributed by atoms with E-state index in [1.807, 2.05) is 0 Å². The highest BCUT2D eigenvalue weighted by Crippen LogP contribution is 2.30. The third kappa shape index (κ3) is 5.16. The fourth-order valence-corrected chi connectivity index (χ4v) is 3.41. The molecular weight excluding hydrogens is 412 g/mol. The van der Waals surface area contributed by atoms with Gasteiger partial charge in [0.2, 0.25) is 0 Å². The highest BCUT2D eigenvalue weighted by atomic mass is 79.9. The van der Waals surface area contributed by atoms with Crippen LogP contribution in [0, 0.1) is 23.5 Å². The molecule has 1 saturated heterocycles. The molecule has 2 rings (SSSR count). The summed E-state index contributed by atoms with van der Waals surface area (Å²) >= 11 is 2.99. The summed E-state index contributed by atoms with van der Waals surface area (Å²) < 4.78 is 32.8. The van der Waals surface area contributed by atoms with Crippen molar-refractivity contribution in [1.82, 2.24) is 4.90 Å². The van der Waals surface area contributed by atoms with Gasteiger partial charge in [0.1, 0.15) is 17.2 Å². The van der Waals surface area contributed by atoms with Crippen molar-refractivity contribution in [3.05, 3.63) is 33.8 Å². The van der Waals surface area contributed by atoms with Gasteiger partial charge >= 0.3 is 12.1 Å². The first kappa shape index (κ1) is 20.6. The fourth-order valence-electron chi connectivity index (χ4n) is 3.02. The zero-order valence-corrected chi connectivity index (χ0v) is 16.5. The number of hydrogen-bond acceptors (Lipinski definition) is 3. The molecule has 1 heterocycles. The second-order valence-electron chi connectivity index (χ2n) is 7.48. The number of rotatable bonds is 4. The number of carbonyl (C=O) groups excluding carboxylic acids is 1. The summed E-state index contributed by atoms with van der Waals surface area (Å²) in [6.07, 6.45) is -0.0765. The van der Waals surface area contributed by atoms with Crippen LogP contribution in [-0.2, 0) is 16.0 Å². The summed E-state index contributed by atoms with van der Waals surface area (Å²) in [5, 5.41) is 9.58. The maximum absolute atomic E-state index is 14.0. The average molecular weight is 434 g/mol. The molecule has 0 spiro atoms. The minimum absolute atomic E-state index is 0.0765. The molecule has 8 heteroatoms. The first-order valence-corrected chi connectivity index (χ1v) is 9.11. The number of carbonyl (C=O) groups is 2. The molecule has 1 aromatic carbocycles. The molecule has 1 aliphatic heterocycles. The molecule has 1 fully saturated rings. The SMILES string of the molecule is CC(C)(C)OC(=O)N1CC[C@H]([C@H](Cc2cc(Br)c(F)cc2F)C(=O)O)C1. The molecule has 1 amide bonds. The number of hydrogen-bond donors (Lipinski definition) is 1. The summed E-state index contributed by atoms with van der Waals surface area (Å²) in [4.78, 5) is 25.3. The van der Waals surface area contributed by atoms with E-state index >= 15 is 0 Å². The monoisotopic (exact) mass is 433 g/mol. The summed E-state index contributed by atoms with van der Waals surface area (Å²) in [5.74, 6) is -3.80. The van der Waals surface area contributed by atoms with Gasteiger partial charge in [0.05, 0.1) is 10.4 Å². The van der Waals surface area contributed by atoms with E-state index in [2.05, 4.69) is 15.9 Å². The molecule has 2 atom stereocenters. The lowest BCUT2D eigenvalue weighted by Gasteiger charge is -2.25. The molecule has 0 saturated carbocycles. The lowest BCUT2D eigenvalue weighted by molar-refractivity contribution is -0.143. The second-order valence-corrected chi connectivity index (χ2v) is 8.34. The number of carboxylic acid groups (broad SMARTS) is 1. The maximum atomic E-state index is 14.0. The van der Waals surface area contributed by atoms with Crippen LogP contribution < -0.4 is 0 Å². The van der Waals surface area contributed by atoms with Crippen LogP contribution in [0.15, 0.2) is 16.6 Å². The predicted octanol–water partition coefficient (Wildman–Crippen LogP) is 4.23. The number of ether oxygens (including phenoxy) is 1. The number of halogens is 3. The van der Waals surface area contributed by atoms with Crippen LogP contribution in [0.25, 0.3) is 0 Å². The van der Waals surface area contributed by atoms with Crippen LogP contribution in [0.5, 0.6) is 0 Å². The Morgan fingerprint density at radius 2 is 2.00 bits per heavy atom. The Labute approximate surface area is 159 Å². The van der Waals surface area contributed by atoms with Crippen molar-refractivity contribution in [2.24, 2.45) is 11.8 Å². The van der Waals surface area contributed by atoms with Crippen LogP contribution in [0.4, 0.5) is 13.6 Å². The summed E-state index contributed by atoms with van der Waals surface area (Å²) in [7, 11) is 0. The van der Waals surface area contributed by atoms with Crippen molar-refractivity contribution in [3.63, 3.8) is 0 Å². The van der Waals surface area contributed by atoms with E-state index < -0.39 is 35.2 Å². The summed E-state index contributed by atoms with van der Waals surface area (Å²) in [6.45, 7) is 5.89. The molecule has 1 aliphatic rings. The molecule has 1 N–H and O–H groups in total. The topological polar surface area (TPSA) is 66.8 Å². The van der Waals surface area contributed by atoms with Crippen molar-refractivity contribution in [1.29, 1.82) is 0 Å². The molecule has 0 aromatic heterocycles. The van der Waals surface area contributed by atoms with Gasteiger partial charge in [0.15, 0.2) is 0 Å². The quantitative estimate of drug-likeness (QED) is 0.721. The molecule has 0 aliphatic carbocycles. The lowest BCUT2D eigenvalue weighted by atomic mass is 9.86. The van der Waals surface area contributed by atoms with Gasteiger partial charge in [-0.25, -0.2) is 13.6 Å². The Kier molecular flexibility index (Phi) is 6.26.